The topological polar surface area (TPSA) is 58.3 Å². The highest BCUT2D eigenvalue weighted by molar-refractivity contribution is 5.89. The molecule has 1 aliphatic heterocycles. The van der Waals surface area contributed by atoms with E-state index in [0.29, 0.717) is 5.52 Å². The van der Waals surface area contributed by atoms with Crippen LogP contribution in [0.15, 0.2) is 35.1 Å². The number of hydrogen-bond donors (Lipinski definition) is 0. The molecule has 124 valence electrons. The van der Waals surface area contributed by atoms with Crippen molar-refractivity contribution in [2.45, 2.75) is 13.5 Å². The van der Waals surface area contributed by atoms with Crippen molar-refractivity contribution in [2.24, 2.45) is 0 Å². The molecule has 0 N–H and O–H groups in total. The summed E-state index contributed by atoms with van der Waals surface area (Å²) in [6.07, 6.45) is 1.44. The lowest BCUT2D eigenvalue weighted by atomic mass is 10.2. The Morgan fingerprint density at radius 2 is 2.00 bits per heavy atom. The van der Waals surface area contributed by atoms with Gasteiger partial charge in [-0.25, -0.2) is 14.4 Å². The molecule has 0 radical (unpaired) electrons. The van der Waals surface area contributed by atoms with Crippen LogP contribution in [-0.2, 0) is 6.54 Å². The van der Waals surface area contributed by atoms with Crippen LogP contribution < -0.4 is 4.90 Å². The lowest BCUT2D eigenvalue weighted by molar-refractivity contribution is 0.241. The molecule has 1 saturated heterocycles. The fraction of sp³-hybridized carbons (Fsp3) is 0.353. The molecular formula is C17H18FN5O. The van der Waals surface area contributed by atoms with E-state index < -0.39 is 0 Å². The summed E-state index contributed by atoms with van der Waals surface area (Å²) in [7, 11) is 0. The summed E-state index contributed by atoms with van der Waals surface area (Å²) in [6, 6.07) is 6.97. The van der Waals surface area contributed by atoms with Crippen molar-refractivity contribution in [2.75, 3.05) is 31.1 Å². The van der Waals surface area contributed by atoms with Crippen molar-refractivity contribution < 1.29 is 8.91 Å². The number of anilines is 1. The molecule has 6 nitrogen and oxygen atoms in total. The van der Waals surface area contributed by atoms with Gasteiger partial charge in [0, 0.05) is 44.2 Å². The third-order valence-corrected chi connectivity index (χ3v) is 4.33. The van der Waals surface area contributed by atoms with Crippen molar-refractivity contribution in [1.82, 2.24) is 20.0 Å². The second-order valence-corrected chi connectivity index (χ2v) is 6.03. The van der Waals surface area contributed by atoms with Gasteiger partial charge in [-0.3, -0.25) is 4.90 Å². The summed E-state index contributed by atoms with van der Waals surface area (Å²) < 4.78 is 19.0. The Morgan fingerprint density at radius 1 is 1.17 bits per heavy atom. The van der Waals surface area contributed by atoms with Gasteiger partial charge >= 0.3 is 0 Å². The molecule has 7 heteroatoms. The Hall–Kier alpha value is -2.54. The monoisotopic (exact) mass is 327 g/mol. The maximum absolute atomic E-state index is 13.9. The summed E-state index contributed by atoms with van der Waals surface area (Å²) in [4.78, 5) is 13.0. The number of para-hydroxylation sites is 1. The molecule has 0 bridgehead atoms. The van der Waals surface area contributed by atoms with Crippen LogP contribution >= 0.6 is 0 Å². The maximum Gasteiger partial charge on any atom is 0.149 e. The van der Waals surface area contributed by atoms with Gasteiger partial charge in [-0.1, -0.05) is 11.2 Å². The van der Waals surface area contributed by atoms with Crippen LogP contribution in [0.1, 0.15) is 11.5 Å². The average molecular weight is 327 g/mol. The zero-order valence-corrected chi connectivity index (χ0v) is 13.4. The van der Waals surface area contributed by atoms with Crippen molar-refractivity contribution >= 4 is 16.7 Å². The number of nitrogens with zero attached hydrogens (tertiary/aromatic N) is 5. The predicted molar refractivity (Wildman–Crippen MR) is 88.2 cm³/mol. The normalized spacial score (nSPS) is 16.0. The number of piperazine rings is 1. The molecule has 3 aromatic rings. The van der Waals surface area contributed by atoms with Gasteiger partial charge in [-0.15, -0.1) is 0 Å². The van der Waals surface area contributed by atoms with Gasteiger partial charge in [0.2, 0.25) is 0 Å². The molecule has 3 heterocycles. The molecule has 0 saturated carbocycles. The summed E-state index contributed by atoms with van der Waals surface area (Å²) >= 11 is 0. The van der Waals surface area contributed by atoms with E-state index in [0.717, 1.165) is 55.4 Å². The van der Waals surface area contributed by atoms with E-state index in [2.05, 4.69) is 24.9 Å². The smallest absolute Gasteiger partial charge is 0.149 e. The fourth-order valence-electron chi connectivity index (χ4n) is 3.13. The lowest BCUT2D eigenvalue weighted by Gasteiger charge is -2.35. The Kier molecular flexibility index (Phi) is 3.86. The van der Waals surface area contributed by atoms with Gasteiger partial charge < -0.3 is 9.42 Å². The van der Waals surface area contributed by atoms with Crippen LogP contribution in [0.2, 0.25) is 0 Å². The number of aromatic nitrogens is 3. The fourth-order valence-corrected chi connectivity index (χ4v) is 3.13. The van der Waals surface area contributed by atoms with Gasteiger partial charge in [0.15, 0.2) is 0 Å². The van der Waals surface area contributed by atoms with Gasteiger partial charge in [-0.2, -0.15) is 0 Å². The highest BCUT2D eigenvalue weighted by atomic mass is 19.1. The Morgan fingerprint density at radius 3 is 2.75 bits per heavy atom. The van der Waals surface area contributed by atoms with Crippen LogP contribution in [0.25, 0.3) is 10.9 Å². The largest absolute Gasteiger partial charge is 0.361 e. The van der Waals surface area contributed by atoms with E-state index >= 15 is 0 Å². The number of halogens is 1. The molecule has 4 rings (SSSR count). The highest BCUT2D eigenvalue weighted by Gasteiger charge is 2.21. The van der Waals surface area contributed by atoms with Crippen LogP contribution in [0.5, 0.6) is 0 Å². The van der Waals surface area contributed by atoms with E-state index in [9.17, 15) is 4.39 Å². The summed E-state index contributed by atoms with van der Waals surface area (Å²) in [5.41, 5.74) is 1.33. The van der Waals surface area contributed by atoms with Gasteiger partial charge in [0.25, 0.3) is 0 Å². The molecular weight excluding hydrogens is 309 g/mol. The SMILES string of the molecule is Cc1cc(CN2CCN(c3ncnc4c(F)cccc34)CC2)no1. The van der Waals surface area contributed by atoms with Crippen molar-refractivity contribution in [3.8, 4) is 0 Å². The second-order valence-electron chi connectivity index (χ2n) is 6.03. The third kappa shape index (κ3) is 2.82. The van der Waals surface area contributed by atoms with E-state index in [1.54, 1.807) is 6.07 Å². The zero-order valence-electron chi connectivity index (χ0n) is 13.4. The van der Waals surface area contributed by atoms with Crippen molar-refractivity contribution in [3.63, 3.8) is 0 Å². The van der Waals surface area contributed by atoms with E-state index in [1.807, 2.05) is 19.1 Å². The lowest BCUT2D eigenvalue weighted by Crippen LogP contribution is -2.46. The summed E-state index contributed by atoms with van der Waals surface area (Å²) in [6.45, 7) is 6.14. The average Bonchev–Trinajstić information content (AvgIpc) is 3.01. The standard InChI is InChI=1S/C17H18FN5O/c1-12-9-13(21-24-12)10-22-5-7-23(8-6-22)17-14-3-2-4-15(18)16(14)19-11-20-17/h2-4,9,11H,5-8,10H2,1H3. The summed E-state index contributed by atoms with van der Waals surface area (Å²) in [5, 5.41) is 4.81. The molecule has 1 aromatic carbocycles. The van der Waals surface area contributed by atoms with Crippen LogP contribution in [-0.4, -0.2) is 46.2 Å². The zero-order chi connectivity index (χ0) is 16.5. The predicted octanol–water partition coefficient (Wildman–Crippen LogP) is 2.39. The van der Waals surface area contributed by atoms with Crippen LogP contribution in [0.4, 0.5) is 10.2 Å². The molecule has 1 aliphatic rings. The first-order chi connectivity index (χ1) is 11.7. The Balaban J connectivity index is 1.49. The molecule has 1 fully saturated rings. The molecule has 0 spiro atoms. The van der Waals surface area contributed by atoms with E-state index in [-0.39, 0.29) is 5.82 Å². The number of aryl methyl sites for hydroxylation is 1. The summed E-state index contributed by atoms with van der Waals surface area (Å²) in [5.74, 6) is 1.32. The van der Waals surface area contributed by atoms with E-state index in [4.69, 9.17) is 4.52 Å². The number of benzene rings is 1. The first kappa shape index (κ1) is 15.0. The first-order valence-electron chi connectivity index (χ1n) is 7.99. The van der Waals surface area contributed by atoms with Crippen LogP contribution in [0, 0.1) is 12.7 Å². The number of hydrogen-bond acceptors (Lipinski definition) is 6. The van der Waals surface area contributed by atoms with Crippen molar-refractivity contribution in [3.05, 3.63) is 47.9 Å². The molecule has 0 unspecified atom stereocenters. The molecule has 24 heavy (non-hydrogen) atoms. The highest BCUT2D eigenvalue weighted by Crippen LogP contribution is 2.25. The number of rotatable bonds is 3. The van der Waals surface area contributed by atoms with Gasteiger partial charge in [-0.05, 0) is 19.1 Å². The van der Waals surface area contributed by atoms with Crippen LogP contribution in [0.3, 0.4) is 0 Å². The molecule has 2 aromatic heterocycles. The maximum atomic E-state index is 13.9. The Bertz CT molecular complexity index is 857. The number of fused-ring (bicyclic) bond motifs is 1. The van der Waals surface area contributed by atoms with Gasteiger partial charge in [0.05, 0.1) is 5.69 Å². The minimum Gasteiger partial charge on any atom is -0.361 e. The first-order valence-corrected chi connectivity index (χ1v) is 7.99. The Labute approximate surface area is 138 Å². The molecule has 0 aliphatic carbocycles. The van der Waals surface area contributed by atoms with Gasteiger partial charge in [0.1, 0.15) is 29.2 Å². The van der Waals surface area contributed by atoms with Crippen molar-refractivity contribution in [1.29, 1.82) is 0 Å². The minimum absolute atomic E-state index is 0.309. The molecule has 0 amide bonds. The quantitative estimate of drug-likeness (QED) is 0.736. The van der Waals surface area contributed by atoms with E-state index in [1.165, 1.54) is 12.4 Å². The molecule has 0 atom stereocenters. The minimum atomic E-state index is -0.309. The third-order valence-electron chi connectivity index (χ3n) is 4.33. The second kappa shape index (κ2) is 6.16.